The zero-order valence-corrected chi connectivity index (χ0v) is 17.6. The molecule has 0 saturated heterocycles. The number of halogens is 2. The van der Waals surface area contributed by atoms with Crippen LogP contribution < -0.4 is 4.90 Å². The standard InChI is InChI=1S/C24H18Cl2N2O2/c1-14-22(18-4-2-3-5-20(18)27-14)24(30)19-12-17(26)10-11-21(19)28(23(24)29)13-15-6-8-16(25)9-7-15/h2-12,27,30H,13H2,1H3. The van der Waals surface area contributed by atoms with E-state index in [0.717, 1.165) is 22.2 Å². The number of aromatic amines is 1. The summed E-state index contributed by atoms with van der Waals surface area (Å²) in [7, 11) is 0. The van der Waals surface area contributed by atoms with Gasteiger partial charge in [-0.15, -0.1) is 0 Å². The lowest BCUT2D eigenvalue weighted by Gasteiger charge is -2.24. The van der Waals surface area contributed by atoms with Crippen LogP contribution in [0.4, 0.5) is 5.69 Å². The Bertz CT molecular complexity index is 1300. The van der Waals surface area contributed by atoms with Gasteiger partial charge in [0.1, 0.15) is 0 Å². The Balaban J connectivity index is 1.71. The first-order valence-corrected chi connectivity index (χ1v) is 10.3. The van der Waals surface area contributed by atoms with Crippen LogP contribution in [0.2, 0.25) is 10.0 Å². The smallest absolute Gasteiger partial charge is 0.268 e. The Morgan fingerprint density at radius 1 is 1.00 bits per heavy atom. The molecule has 1 amide bonds. The molecular weight excluding hydrogens is 419 g/mol. The number of aryl methyl sites for hydroxylation is 1. The molecule has 0 spiro atoms. The lowest BCUT2D eigenvalue weighted by molar-refractivity contribution is -0.132. The van der Waals surface area contributed by atoms with Crippen LogP contribution >= 0.6 is 23.2 Å². The number of carbonyl (C=O) groups is 1. The van der Waals surface area contributed by atoms with Crippen molar-refractivity contribution in [2.45, 2.75) is 19.1 Å². The van der Waals surface area contributed by atoms with E-state index in [2.05, 4.69) is 4.98 Å². The first kappa shape index (κ1) is 19.2. The van der Waals surface area contributed by atoms with E-state index >= 15 is 0 Å². The van der Waals surface area contributed by atoms with Crippen LogP contribution in [0, 0.1) is 6.92 Å². The highest BCUT2D eigenvalue weighted by Gasteiger charge is 2.53. The summed E-state index contributed by atoms with van der Waals surface area (Å²) in [5.41, 5.74) is 2.38. The van der Waals surface area contributed by atoms with Gasteiger partial charge in [-0.1, -0.05) is 53.5 Å². The monoisotopic (exact) mass is 436 g/mol. The maximum atomic E-state index is 13.8. The number of benzene rings is 3. The zero-order chi connectivity index (χ0) is 21.0. The van der Waals surface area contributed by atoms with Crippen molar-refractivity contribution in [1.82, 2.24) is 4.98 Å². The van der Waals surface area contributed by atoms with Crippen LogP contribution in [0.15, 0.2) is 66.7 Å². The van der Waals surface area contributed by atoms with E-state index in [4.69, 9.17) is 23.2 Å². The fraction of sp³-hybridized carbons (Fsp3) is 0.125. The number of rotatable bonds is 3. The number of para-hydroxylation sites is 1. The van der Waals surface area contributed by atoms with Crippen molar-refractivity contribution in [1.29, 1.82) is 0 Å². The maximum absolute atomic E-state index is 13.8. The number of carbonyl (C=O) groups excluding carboxylic acids is 1. The quantitative estimate of drug-likeness (QED) is 0.441. The first-order valence-electron chi connectivity index (χ1n) is 9.56. The average molecular weight is 437 g/mol. The summed E-state index contributed by atoms with van der Waals surface area (Å²) in [5, 5.41) is 13.9. The number of fused-ring (bicyclic) bond motifs is 2. The summed E-state index contributed by atoms with van der Waals surface area (Å²) in [6.45, 7) is 2.18. The van der Waals surface area contributed by atoms with Gasteiger partial charge in [0.2, 0.25) is 0 Å². The molecule has 30 heavy (non-hydrogen) atoms. The van der Waals surface area contributed by atoms with E-state index in [-0.39, 0.29) is 0 Å². The molecule has 6 heteroatoms. The number of nitrogens with zero attached hydrogens (tertiary/aromatic N) is 1. The van der Waals surface area contributed by atoms with Crippen LogP contribution in [0.25, 0.3) is 10.9 Å². The third kappa shape index (κ3) is 2.76. The molecule has 2 N–H and O–H groups in total. The van der Waals surface area contributed by atoms with Crippen LogP contribution in [0.1, 0.15) is 22.4 Å². The van der Waals surface area contributed by atoms with Gasteiger partial charge in [0, 0.05) is 37.8 Å². The molecule has 1 aromatic heterocycles. The molecule has 0 fully saturated rings. The van der Waals surface area contributed by atoms with Gasteiger partial charge in [0.05, 0.1) is 12.2 Å². The number of amides is 1. The number of aliphatic hydroxyl groups is 1. The van der Waals surface area contributed by atoms with E-state index in [9.17, 15) is 9.90 Å². The lowest BCUT2D eigenvalue weighted by atomic mass is 9.85. The highest BCUT2D eigenvalue weighted by molar-refractivity contribution is 6.31. The Labute approximate surface area is 183 Å². The predicted molar refractivity (Wildman–Crippen MR) is 120 cm³/mol. The van der Waals surface area contributed by atoms with Crippen LogP contribution in [0.5, 0.6) is 0 Å². The van der Waals surface area contributed by atoms with Crippen molar-refractivity contribution in [2.75, 3.05) is 4.90 Å². The fourth-order valence-electron chi connectivity index (χ4n) is 4.37. The number of aromatic nitrogens is 1. The molecule has 150 valence electrons. The molecule has 0 saturated carbocycles. The highest BCUT2D eigenvalue weighted by atomic mass is 35.5. The van der Waals surface area contributed by atoms with E-state index in [1.807, 2.05) is 43.3 Å². The summed E-state index contributed by atoms with van der Waals surface area (Å²) in [6, 6.07) is 20.2. The molecule has 0 bridgehead atoms. The Hall–Kier alpha value is -2.79. The van der Waals surface area contributed by atoms with E-state index in [1.165, 1.54) is 0 Å². The number of hydrogen-bond acceptors (Lipinski definition) is 2. The van der Waals surface area contributed by atoms with E-state index in [1.54, 1.807) is 35.2 Å². The maximum Gasteiger partial charge on any atom is 0.268 e. The minimum absolute atomic E-state index is 0.314. The van der Waals surface area contributed by atoms with Gasteiger partial charge >= 0.3 is 0 Å². The van der Waals surface area contributed by atoms with Crippen LogP contribution in [-0.2, 0) is 16.9 Å². The molecule has 0 aliphatic carbocycles. The normalized spacial score (nSPS) is 18.3. The molecule has 3 aromatic carbocycles. The topological polar surface area (TPSA) is 56.3 Å². The summed E-state index contributed by atoms with van der Waals surface area (Å²) >= 11 is 12.3. The molecule has 1 atom stereocenters. The van der Waals surface area contributed by atoms with Gasteiger partial charge in [0.15, 0.2) is 5.60 Å². The highest BCUT2D eigenvalue weighted by Crippen LogP contribution is 2.48. The van der Waals surface area contributed by atoms with Crippen molar-refractivity contribution >= 4 is 45.7 Å². The molecule has 4 nitrogen and oxygen atoms in total. The van der Waals surface area contributed by atoms with Crippen LogP contribution in [0.3, 0.4) is 0 Å². The van der Waals surface area contributed by atoms with E-state index < -0.39 is 11.5 Å². The molecule has 1 aliphatic rings. The number of hydrogen-bond donors (Lipinski definition) is 2. The van der Waals surface area contributed by atoms with Gasteiger partial charge in [-0.25, -0.2) is 0 Å². The Morgan fingerprint density at radius 2 is 1.70 bits per heavy atom. The van der Waals surface area contributed by atoms with Crippen molar-refractivity contribution in [3.05, 3.63) is 99.2 Å². The second-order valence-corrected chi connectivity index (χ2v) is 8.43. The van der Waals surface area contributed by atoms with Gasteiger partial charge < -0.3 is 15.0 Å². The third-order valence-electron chi connectivity index (χ3n) is 5.70. The Morgan fingerprint density at radius 3 is 2.47 bits per heavy atom. The number of nitrogens with one attached hydrogen (secondary N) is 1. The molecule has 1 unspecified atom stereocenters. The molecule has 1 aliphatic heterocycles. The number of anilines is 1. The average Bonchev–Trinajstić information content (AvgIpc) is 3.17. The first-order chi connectivity index (χ1) is 14.4. The zero-order valence-electron chi connectivity index (χ0n) is 16.1. The van der Waals surface area contributed by atoms with Crippen molar-refractivity contribution in [2.24, 2.45) is 0 Å². The fourth-order valence-corrected chi connectivity index (χ4v) is 4.67. The van der Waals surface area contributed by atoms with Gasteiger partial charge in [-0.3, -0.25) is 4.79 Å². The molecule has 0 radical (unpaired) electrons. The second kappa shape index (κ2) is 6.88. The second-order valence-electron chi connectivity index (χ2n) is 7.56. The van der Waals surface area contributed by atoms with Crippen molar-refractivity contribution in [3.8, 4) is 0 Å². The van der Waals surface area contributed by atoms with E-state index in [0.29, 0.717) is 33.4 Å². The molecule has 5 rings (SSSR count). The van der Waals surface area contributed by atoms with Gasteiger partial charge in [0.25, 0.3) is 5.91 Å². The number of H-pyrrole nitrogens is 1. The van der Waals surface area contributed by atoms with Crippen molar-refractivity contribution < 1.29 is 9.90 Å². The van der Waals surface area contributed by atoms with Gasteiger partial charge in [-0.05, 0) is 48.9 Å². The Kier molecular flexibility index (Phi) is 4.40. The molecule has 2 heterocycles. The summed E-state index contributed by atoms with van der Waals surface area (Å²) < 4.78 is 0. The lowest BCUT2D eigenvalue weighted by Crippen LogP contribution is -2.41. The molecule has 4 aromatic rings. The van der Waals surface area contributed by atoms with Gasteiger partial charge in [-0.2, -0.15) is 0 Å². The summed E-state index contributed by atoms with van der Waals surface area (Å²) in [4.78, 5) is 18.6. The molecular formula is C24H18Cl2N2O2. The van der Waals surface area contributed by atoms with Crippen molar-refractivity contribution in [3.63, 3.8) is 0 Å². The predicted octanol–water partition coefficient (Wildman–Crippen LogP) is 5.57. The SMILES string of the molecule is Cc1[nH]c2ccccc2c1C1(O)C(=O)N(Cc2ccc(Cl)cc2)c2ccc(Cl)cc21. The van der Waals surface area contributed by atoms with Crippen LogP contribution in [-0.4, -0.2) is 16.0 Å². The minimum Gasteiger partial charge on any atom is -0.372 e. The largest absolute Gasteiger partial charge is 0.372 e. The third-order valence-corrected chi connectivity index (χ3v) is 6.19. The summed E-state index contributed by atoms with van der Waals surface area (Å²) in [6.07, 6.45) is 0. The summed E-state index contributed by atoms with van der Waals surface area (Å²) in [5.74, 6) is -0.400. The minimum atomic E-state index is -1.84.